The zero-order chi connectivity index (χ0) is 7.28. The van der Waals surface area contributed by atoms with E-state index in [-0.39, 0.29) is 0 Å². The number of primary amides is 1. The van der Waals surface area contributed by atoms with Crippen LogP contribution in [-0.2, 0) is 4.79 Å². The van der Waals surface area contributed by atoms with Gasteiger partial charge in [0.1, 0.15) is 0 Å². The summed E-state index contributed by atoms with van der Waals surface area (Å²) in [7, 11) is 1.70. The molecule has 0 aliphatic rings. The van der Waals surface area contributed by atoms with E-state index in [1.54, 1.807) is 14.0 Å². The van der Waals surface area contributed by atoms with E-state index in [0.29, 0.717) is 5.57 Å². The van der Waals surface area contributed by atoms with Crippen molar-refractivity contribution >= 4 is 5.91 Å². The van der Waals surface area contributed by atoms with Crippen LogP contribution in [0.3, 0.4) is 0 Å². The van der Waals surface area contributed by atoms with Gasteiger partial charge in [0.15, 0.2) is 0 Å². The van der Waals surface area contributed by atoms with Gasteiger partial charge in [0.05, 0.1) is 0 Å². The van der Waals surface area contributed by atoms with Crippen molar-refractivity contribution in [3.8, 4) is 0 Å². The normalized spacial score (nSPS) is 11.1. The van der Waals surface area contributed by atoms with Crippen LogP contribution in [-0.4, -0.2) is 13.0 Å². The monoisotopic (exact) mass is 129 g/mol. The first kappa shape index (κ1) is 7.97. The Hall–Kier alpha value is -1.03. The quantitative estimate of drug-likeness (QED) is 0.341. The van der Waals surface area contributed by atoms with Crippen molar-refractivity contribution in [2.45, 2.75) is 6.92 Å². The number of rotatable bonds is 3. The second-order valence-electron chi connectivity index (χ2n) is 1.59. The lowest BCUT2D eigenvalue weighted by atomic mass is 10.3. The number of amides is 1. The molecule has 0 aliphatic heterocycles. The van der Waals surface area contributed by atoms with Crippen LogP contribution in [0.1, 0.15) is 6.92 Å². The third-order valence-corrected chi connectivity index (χ3v) is 0.822. The largest absolute Gasteiger partial charge is 0.366 e. The van der Waals surface area contributed by atoms with Gasteiger partial charge < -0.3 is 11.2 Å². The first-order valence-corrected chi connectivity index (χ1v) is 2.57. The standard InChI is InChI=1S/C5H11N3O/c1-4(5(6)9)3-8-7-2/h3,7-8H,1-2H3,(H2,6,9)/b4-3-. The maximum Gasteiger partial charge on any atom is 0.245 e. The van der Waals surface area contributed by atoms with Crippen molar-refractivity contribution in [1.29, 1.82) is 0 Å². The van der Waals surface area contributed by atoms with Crippen LogP contribution < -0.4 is 16.6 Å². The lowest BCUT2D eigenvalue weighted by molar-refractivity contribution is -0.114. The Labute approximate surface area is 54.1 Å². The highest BCUT2D eigenvalue weighted by Crippen LogP contribution is 1.83. The van der Waals surface area contributed by atoms with Gasteiger partial charge in [0, 0.05) is 18.8 Å². The topological polar surface area (TPSA) is 67.2 Å². The summed E-state index contributed by atoms with van der Waals surface area (Å²) in [6.07, 6.45) is 1.50. The lowest BCUT2D eigenvalue weighted by Gasteiger charge is -1.96. The molecule has 0 radical (unpaired) electrons. The molecular weight excluding hydrogens is 118 g/mol. The van der Waals surface area contributed by atoms with Crippen molar-refractivity contribution in [3.05, 3.63) is 11.8 Å². The molecule has 4 heteroatoms. The number of hydrogen-bond donors (Lipinski definition) is 3. The average molecular weight is 129 g/mol. The molecule has 0 unspecified atom stereocenters. The van der Waals surface area contributed by atoms with Crippen LogP contribution in [0.4, 0.5) is 0 Å². The fourth-order valence-corrected chi connectivity index (χ4v) is 0.252. The van der Waals surface area contributed by atoms with Gasteiger partial charge in [0.2, 0.25) is 5.91 Å². The molecule has 52 valence electrons. The number of carbonyl (C=O) groups is 1. The number of nitrogens with one attached hydrogen (secondary N) is 2. The fourth-order valence-electron chi connectivity index (χ4n) is 0.252. The smallest absolute Gasteiger partial charge is 0.245 e. The van der Waals surface area contributed by atoms with Crippen molar-refractivity contribution < 1.29 is 4.79 Å². The second-order valence-corrected chi connectivity index (χ2v) is 1.59. The summed E-state index contributed by atoms with van der Waals surface area (Å²) < 4.78 is 0. The third kappa shape index (κ3) is 3.54. The van der Waals surface area contributed by atoms with Gasteiger partial charge in [-0.1, -0.05) is 0 Å². The van der Waals surface area contributed by atoms with Crippen LogP contribution in [0, 0.1) is 0 Å². The molecule has 4 nitrogen and oxygen atoms in total. The maximum absolute atomic E-state index is 10.3. The maximum atomic E-state index is 10.3. The minimum Gasteiger partial charge on any atom is -0.366 e. The fraction of sp³-hybridized carbons (Fsp3) is 0.400. The summed E-state index contributed by atoms with van der Waals surface area (Å²) in [4.78, 5) is 10.3. The van der Waals surface area contributed by atoms with Gasteiger partial charge in [-0.2, -0.15) is 0 Å². The molecule has 0 heterocycles. The molecular formula is C5H11N3O. The molecule has 0 saturated heterocycles. The van der Waals surface area contributed by atoms with Gasteiger partial charge >= 0.3 is 0 Å². The van der Waals surface area contributed by atoms with Gasteiger partial charge in [-0.05, 0) is 6.92 Å². The molecule has 0 bridgehead atoms. The predicted molar refractivity (Wildman–Crippen MR) is 35.1 cm³/mol. The van der Waals surface area contributed by atoms with Crippen molar-refractivity contribution in [1.82, 2.24) is 10.9 Å². The van der Waals surface area contributed by atoms with E-state index in [0.717, 1.165) is 0 Å². The lowest BCUT2D eigenvalue weighted by Crippen LogP contribution is -2.23. The number of hydrazine groups is 1. The van der Waals surface area contributed by atoms with Crippen molar-refractivity contribution in [2.24, 2.45) is 5.73 Å². The first-order valence-electron chi connectivity index (χ1n) is 2.57. The number of hydrogen-bond acceptors (Lipinski definition) is 3. The Bertz CT molecular complexity index is 130. The Morgan fingerprint density at radius 2 is 2.22 bits per heavy atom. The zero-order valence-electron chi connectivity index (χ0n) is 5.56. The summed E-state index contributed by atoms with van der Waals surface area (Å²) >= 11 is 0. The molecule has 0 rings (SSSR count). The van der Waals surface area contributed by atoms with Crippen LogP contribution >= 0.6 is 0 Å². The third-order valence-electron chi connectivity index (χ3n) is 0.822. The average Bonchev–Trinajstić information content (AvgIpc) is 1.82. The summed E-state index contributed by atoms with van der Waals surface area (Å²) in [6, 6.07) is 0. The summed E-state index contributed by atoms with van der Waals surface area (Å²) in [6.45, 7) is 1.63. The van der Waals surface area contributed by atoms with E-state index < -0.39 is 5.91 Å². The van der Waals surface area contributed by atoms with Gasteiger partial charge in [-0.3, -0.25) is 4.79 Å². The van der Waals surface area contributed by atoms with Crippen LogP contribution in [0.25, 0.3) is 0 Å². The Balaban J connectivity index is 3.69. The number of nitrogens with two attached hydrogens (primary N) is 1. The highest BCUT2D eigenvalue weighted by Gasteiger charge is 1.92. The highest BCUT2D eigenvalue weighted by atomic mass is 16.1. The van der Waals surface area contributed by atoms with E-state index in [9.17, 15) is 4.79 Å². The molecule has 0 atom stereocenters. The van der Waals surface area contributed by atoms with E-state index in [1.165, 1.54) is 6.20 Å². The Kier molecular flexibility index (Phi) is 3.46. The number of carbonyl (C=O) groups excluding carboxylic acids is 1. The van der Waals surface area contributed by atoms with E-state index in [1.807, 2.05) is 0 Å². The Morgan fingerprint density at radius 3 is 2.56 bits per heavy atom. The molecule has 1 amide bonds. The van der Waals surface area contributed by atoms with E-state index in [2.05, 4.69) is 10.9 Å². The molecule has 0 spiro atoms. The molecule has 9 heavy (non-hydrogen) atoms. The summed E-state index contributed by atoms with van der Waals surface area (Å²) in [5.41, 5.74) is 10.6. The predicted octanol–water partition coefficient (Wildman–Crippen LogP) is -0.901. The van der Waals surface area contributed by atoms with Crippen molar-refractivity contribution in [3.63, 3.8) is 0 Å². The molecule has 4 N–H and O–H groups in total. The van der Waals surface area contributed by atoms with Gasteiger partial charge in [0.25, 0.3) is 0 Å². The molecule has 0 saturated carbocycles. The zero-order valence-corrected chi connectivity index (χ0v) is 5.56. The summed E-state index contributed by atoms with van der Waals surface area (Å²) in [5, 5.41) is 0. The first-order chi connectivity index (χ1) is 4.18. The molecule has 0 aromatic carbocycles. The van der Waals surface area contributed by atoms with Gasteiger partial charge in [-0.15, -0.1) is 0 Å². The summed E-state index contributed by atoms with van der Waals surface area (Å²) in [5.74, 6) is -0.419. The molecule has 0 fully saturated rings. The van der Waals surface area contributed by atoms with E-state index in [4.69, 9.17) is 5.73 Å². The molecule has 0 aliphatic carbocycles. The minimum atomic E-state index is -0.419. The van der Waals surface area contributed by atoms with Gasteiger partial charge in [-0.25, -0.2) is 5.43 Å². The highest BCUT2D eigenvalue weighted by molar-refractivity contribution is 5.91. The SMILES string of the molecule is CNN/C=C(/C)C(N)=O. The van der Waals surface area contributed by atoms with E-state index >= 15 is 0 Å². The Morgan fingerprint density at radius 1 is 1.67 bits per heavy atom. The second kappa shape index (κ2) is 3.91. The van der Waals surface area contributed by atoms with Crippen LogP contribution in [0.2, 0.25) is 0 Å². The van der Waals surface area contributed by atoms with Crippen molar-refractivity contribution in [2.75, 3.05) is 7.05 Å². The molecule has 0 aromatic rings. The van der Waals surface area contributed by atoms with Crippen LogP contribution in [0.15, 0.2) is 11.8 Å². The molecule has 0 aromatic heterocycles. The van der Waals surface area contributed by atoms with Crippen LogP contribution in [0.5, 0.6) is 0 Å². The minimum absolute atomic E-state index is 0.419.